The SMILES string of the molecule is C=C1/C(=N\N(C)c2ccccc2)C=Cc2ccc3cc(-c4nc(-c5ccccc5-c5ccccc5)cc(-c5cccc6oc7ccccc7c56)n4)ccc3c21. The van der Waals surface area contributed by atoms with Crippen molar-refractivity contribution in [1.29, 1.82) is 0 Å². The van der Waals surface area contributed by atoms with Gasteiger partial charge in [0.2, 0.25) is 0 Å². The number of rotatable bonds is 6. The van der Waals surface area contributed by atoms with E-state index >= 15 is 0 Å². The average molecular weight is 707 g/mol. The third kappa shape index (κ3) is 5.70. The normalized spacial score (nSPS) is 13.2. The summed E-state index contributed by atoms with van der Waals surface area (Å²) in [5.41, 5.74) is 13.5. The van der Waals surface area contributed by atoms with E-state index in [0.29, 0.717) is 5.82 Å². The fourth-order valence-electron chi connectivity index (χ4n) is 7.73. The van der Waals surface area contributed by atoms with Crippen LogP contribution in [0.25, 0.3) is 89.4 Å². The molecule has 2 heterocycles. The van der Waals surface area contributed by atoms with Crippen LogP contribution in [0, 0.1) is 0 Å². The number of hydrogen-bond acceptors (Lipinski definition) is 5. The third-order valence-corrected chi connectivity index (χ3v) is 10.4. The maximum Gasteiger partial charge on any atom is 0.160 e. The number of fused-ring (bicyclic) bond motifs is 6. The Morgan fingerprint density at radius 2 is 1.25 bits per heavy atom. The second kappa shape index (κ2) is 13.2. The molecule has 0 bridgehead atoms. The summed E-state index contributed by atoms with van der Waals surface area (Å²) < 4.78 is 6.31. The van der Waals surface area contributed by atoms with Gasteiger partial charge in [-0.15, -0.1) is 0 Å². The van der Waals surface area contributed by atoms with Crippen LogP contribution >= 0.6 is 0 Å². The molecule has 0 unspecified atom stereocenters. The molecule has 5 nitrogen and oxygen atoms in total. The molecule has 0 fully saturated rings. The second-order valence-electron chi connectivity index (χ2n) is 13.8. The summed E-state index contributed by atoms with van der Waals surface area (Å²) in [6, 6.07) is 56.4. The molecule has 0 radical (unpaired) electrons. The van der Waals surface area contributed by atoms with E-state index in [1.807, 2.05) is 78.8 Å². The molecule has 1 aliphatic rings. The van der Waals surface area contributed by atoms with E-state index in [1.165, 1.54) is 0 Å². The van der Waals surface area contributed by atoms with Crippen LogP contribution in [0.3, 0.4) is 0 Å². The molecule has 260 valence electrons. The topological polar surface area (TPSA) is 54.5 Å². The standard InChI is InChI=1S/C50H34N4O/c1-32-43(53-54(2)37-16-7-4-8-17-37)29-27-34-24-25-35-30-36(26-28-39(35)48(32)34)50-51-44(40-19-10-9-18-38(40)33-14-5-3-6-15-33)31-45(52-50)41-21-13-23-47-49(41)42-20-11-12-22-46(42)55-47/h3-31H,1H2,2H3/b53-43-. The fourth-order valence-corrected chi connectivity index (χ4v) is 7.73. The van der Waals surface area contributed by atoms with Crippen molar-refractivity contribution in [3.63, 3.8) is 0 Å². The van der Waals surface area contributed by atoms with E-state index in [1.54, 1.807) is 0 Å². The average Bonchev–Trinajstić information content (AvgIpc) is 3.64. The van der Waals surface area contributed by atoms with Gasteiger partial charge in [-0.25, -0.2) is 9.97 Å². The van der Waals surface area contributed by atoms with Crippen LogP contribution in [-0.2, 0) is 0 Å². The highest BCUT2D eigenvalue weighted by Gasteiger charge is 2.21. The maximum atomic E-state index is 6.31. The van der Waals surface area contributed by atoms with Gasteiger partial charge in [-0.05, 0) is 75.5 Å². The Hall–Kier alpha value is -7.37. The zero-order valence-corrected chi connectivity index (χ0v) is 30.1. The molecule has 1 aliphatic carbocycles. The summed E-state index contributed by atoms with van der Waals surface area (Å²) in [4.78, 5) is 10.6. The number of aromatic nitrogens is 2. The lowest BCUT2D eigenvalue weighted by Gasteiger charge is -2.21. The second-order valence-corrected chi connectivity index (χ2v) is 13.8. The molecule has 0 aliphatic heterocycles. The Morgan fingerprint density at radius 3 is 2.09 bits per heavy atom. The number of anilines is 1. The first-order valence-electron chi connectivity index (χ1n) is 18.4. The number of nitrogens with zero attached hydrogens (tertiary/aromatic N) is 4. The quantitative estimate of drug-likeness (QED) is 0.162. The zero-order chi connectivity index (χ0) is 36.9. The summed E-state index contributed by atoms with van der Waals surface area (Å²) in [5.74, 6) is 0.644. The first-order valence-corrected chi connectivity index (χ1v) is 18.4. The number of hydrazone groups is 1. The number of benzene rings is 7. The van der Waals surface area contributed by atoms with Crippen molar-refractivity contribution in [3.8, 4) is 45.0 Å². The molecular formula is C50H34N4O. The Balaban J connectivity index is 1.14. The van der Waals surface area contributed by atoms with Gasteiger partial charge in [0, 0.05) is 40.1 Å². The van der Waals surface area contributed by atoms with Crippen LogP contribution in [0.5, 0.6) is 0 Å². The molecule has 0 spiro atoms. The van der Waals surface area contributed by atoms with E-state index in [2.05, 4.69) is 116 Å². The highest BCUT2D eigenvalue weighted by Crippen LogP contribution is 2.40. The van der Waals surface area contributed by atoms with Gasteiger partial charge in [0.25, 0.3) is 0 Å². The van der Waals surface area contributed by atoms with Crippen molar-refractivity contribution >= 4 is 55.8 Å². The zero-order valence-electron chi connectivity index (χ0n) is 30.1. The van der Waals surface area contributed by atoms with Crippen LogP contribution in [0.4, 0.5) is 5.69 Å². The van der Waals surface area contributed by atoms with Crippen molar-refractivity contribution in [2.24, 2.45) is 5.10 Å². The first-order chi connectivity index (χ1) is 27.1. The van der Waals surface area contributed by atoms with E-state index in [-0.39, 0.29) is 0 Å². The van der Waals surface area contributed by atoms with E-state index in [9.17, 15) is 0 Å². The van der Waals surface area contributed by atoms with Gasteiger partial charge in [-0.1, -0.05) is 140 Å². The van der Waals surface area contributed by atoms with Gasteiger partial charge in [0.15, 0.2) is 5.82 Å². The van der Waals surface area contributed by atoms with E-state index in [4.69, 9.17) is 19.5 Å². The molecule has 2 aromatic heterocycles. The number of furan rings is 1. The summed E-state index contributed by atoms with van der Waals surface area (Å²) in [7, 11) is 1.96. The Bertz CT molecular complexity index is 3010. The number of allylic oxidation sites excluding steroid dienone is 2. The van der Waals surface area contributed by atoms with Crippen LogP contribution in [0.2, 0.25) is 0 Å². The van der Waals surface area contributed by atoms with Crippen LogP contribution in [0.1, 0.15) is 11.1 Å². The van der Waals surface area contributed by atoms with Crippen LogP contribution in [0.15, 0.2) is 186 Å². The lowest BCUT2D eigenvalue weighted by molar-refractivity contribution is 0.669. The predicted molar refractivity (Wildman–Crippen MR) is 229 cm³/mol. The largest absolute Gasteiger partial charge is 0.456 e. The van der Waals surface area contributed by atoms with E-state index in [0.717, 1.165) is 100 Å². The summed E-state index contributed by atoms with van der Waals surface area (Å²) in [6.45, 7) is 4.54. The highest BCUT2D eigenvalue weighted by molar-refractivity contribution is 6.34. The third-order valence-electron chi connectivity index (χ3n) is 10.4. The minimum absolute atomic E-state index is 0.644. The highest BCUT2D eigenvalue weighted by atomic mass is 16.3. The molecule has 0 saturated carbocycles. The molecular weight excluding hydrogens is 673 g/mol. The summed E-state index contributed by atoms with van der Waals surface area (Å²) >= 11 is 0. The van der Waals surface area contributed by atoms with Crippen molar-refractivity contribution in [1.82, 2.24) is 9.97 Å². The first kappa shape index (κ1) is 32.3. The summed E-state index contributed by atoms with van der Waals surface area (Å²) in [5, 5.41) is 11.1. The molecule has 10 rings (SSSR count). The molecule has 0 atom stereocenters. The number of hydrogen-bond donors (Lipinski definition) is 0. The van der Waals surface area contributed by atoms with Gasteiger partial charge in [0.1, 0.15) is 11.2 Å². The monoisotopic (exact) mass is 706 g/mol. The van der Waals surface area contributed by atoms with Gasteiger partial charge < -0.3 is 4.42 Å². The van der Waals surface area contributed by atoms with Crippen molar-refractivity contribution in [2.75, 3.05) is 12.1 Å². The lowest BCUT2D eigenvalue weighted by Crippen LogP contribution is -2.14. The van der Waals surface area contributed by atoms with Crippen molar-refractivity contribution in [3.05, 3.63) is 188 Å². The van der Waals surface area contributed by atoms with Gasteiger partial charge in [-0.3, -0.25) is 5.01 Å². The minimum Gasteiger partial charge on any atom is -0.456 e. The maximum absolute atomic E-state index is 6.31. The number of para-hydroxylation sites is 2. The molecule has 0 N–H and O–H groups in total. The summed E-state index contributed by atoms with van der Waals surface area (Å²) in [6.07, 6.45) is 4.17. The Morgan fingerprint density at radius 1 is 0.564 bits per heavy atom. The van der Waals surface area contributed by atoms with Gasteiger partial charge in [0.05, 0.1) is 22.8 Å². The molecule has 0 amide bonds. The molecule has 9 aromatic rings. The molecule has 5 heteroatoms. The Labute approximate surface area is 318 Å². The predicted octanol–water partition coefficient (Wildman–Crippen LogP) is 12.7. The molecule has 7 aromatic carbocycles. The van der Waals surface area contributed by atoms with Gasteiger partial charge in [-0.2, -0.15) is 5.10 Å². The van der Waals surface area contributed by atoms with Gasteiger partial charge >= 0.3 is 0 Å². The van der Waals surface area contributed by atoms with E-state index < -0.39 is 0 Å². The van der Waals surface area contributed by atoms with Crippen molar-refractivity contribution in [2.45, 2.75) is 0 Å². The van der Waals surface area contributed by atoms with Crippen molar-refractivity contribution < 1.29 is 4.42 Å². The van der Waals surface area contributed by atoms with Crippen LogP contribution < -0.4 is 5.01 Å². The molecule has 0 saturated heterocycles. The molecule has 55 heavy (non-hydrogen) atoms. The fraction of sp³-hybridized carbons (Fsp3) is 0.0200. The lowest BCUT2D eigenvalue weighted by atomic mass is 9.87. The minimum atomic E-state index is 0.644. The Kier molecular flexibility index (Phi) is 7.77. The van der Waals surface area contributed by atoms with Crippen LogP contribution in [-0.4, -0.2) is 22.7 Å². The smallest absolute Gasteiger partial charge is 0.160 e.